The van der Waals surface area contributed by atoms with Crippen molar-refractivity contribution in [1.82, 2.24) is 9.97 Å². The van der Waals surface area contributed by atoms with E-state index >= 15 is 0 Å². The van der Waals surface area contributed by atoms with Crippen LogP contribution in [-0.4, -0.2) is 15.1 Å². The maximum Gasteiger partial charge on any atom is 0.125 e. The minimum absolute atomic E-state index is 0.0257. The van der Waals surface area contributed by atoms with Crippen molar-refractivity contribution in [2.45, 2.75) is 27.4 Å². The number of hydrogen-bond donors (Lipinski definition) is 1. The Hall–Kier alpha value is -0.960. The first-order chi connectivity index (χ1) is 5.15. The summed E-state index contributed by atoms with van der Waals surface area (Å²) in [6.07, 6.45) is 0. The minimum Gasteiger partial charge on any atom is -0.392 e. The summed E-state index contributed by atoms with van der Waals surface area (Å²) < 4.78 is 0. The van der Waals surface area contributed by atoms with E-state index in [0.29, 0.717) is 0 Å². The van der Waals surface area contributed by atoms with Gasteiger partial charge in [-0.3, -0.25) is 0 Å². The van der Waals surface area contributed by atoms with E-state index in [9.17, 15) is 0 Å². The van der Waals surface area contributed by atoms with Crippen molar-refractivity contribution in [2.75, 3.05) is 0 Å². The molecule has 0 aliphatic carbocycles. The molecule has 11 heavy (non-hydrogen) atoms. The molecule has 60 valence electrons. The normalized spacial score (nSPS) is 10.2. The molecule has 1 heterocycles. The van der Waals surface area contributed by atoms with E-state index in [0.717, 1.165) is 22.8 Å². The number of aryl methyl sites for hydroxylation is 3. The molecule has 0 radical (unpaired) electrons. The molecule has 0 fully saturated rings. The monoisotopic (exact) mass is 152 g/mol. The quantitative estimate of drug-likeness (QED) is 0.650. The number of aliphatic hydroxyl groups excluding tert-OH is 1. The van der Waals surface area contributed by atoms with Crippen LogP contribution >= 0.6 is 0 Å². The third-order valence-electron chi connectivity index (χ3n) is 1.69. The first kappa shape index (κ1) is 8.14. The predicted octanol–water partition coefficient (Wildman–Crippen LogP) is 0.894. The first-order valence-electron chi connectivity index (χ1n) is 3.56. The fraction of sp³-hybridized carbons (Fsp3) is 0.500. The van der Waals surface area contributed by atoms with E-state index in [1.807, 2.05) is 20.8 Å². The summed E-state index contributed by atoms with van der Waals surface area (Å²) in [7, 11) is 0. The average molecular weight is 152 g/mol. The molecule has 0 unspecified atom stereocenters. The van der Waals surface area contributed by atoms with Gasteiger partial charge in [-0.25, -0.2) is 9.97 Å². The van der Waals surface area contributed by atoms with Crippen LogP contribution in [0.5, 0.6) is 0 Å². The van der Waals surface area contributed by atoms with Gasteiger partial charge in [-0.1, -0.05) is 0 Å². The molecule has 0 aliphatic rings. The van der Waals surface area contributed by atoms with Gasteiger partial charge in [-0.05, 0) is 20.8 Å². The van der Waals surface area contributed by atoms with Crippen molar-refractivity contribution >= 4 is 0 Å². The summed E-state index contributed by atoms with van der Waals surface area (Å²) in [4.78, 5) is 8.27. The Labute approximate surface area is 66.1 Å². The number of rotatable bonds is 1. The smallest absolute Gasteiger partial charge is 0.125 e. The number of aliphatic hydroxyl groups is 1. The van der Waals surface area contributed by atoms with Gasteiger partial charge in [0.25, 0.3) is 0 Å². The van der Waals surface area contributed by atoms with Crippen molar-refractivity contribution in [2.24, 2.45) is 0 Å². The molecule has 0 aromatic carbocycles. The van der Waals surface area contributed by atoms with Crippen LogP contribution in [0.15, 0.2) is 0 Å². The summed E-state index contributed by atoms with van der Waals surface area (Å²) in [5.74, 6) is 0.761. The van der Waals surface area contributed by atoms with Crippen LogP contribution in [0.3, 0.4) is 0 Å². The third kappa shape index (κ3) is 1.54. The molecule has 0 amide bonds. The number of nitrogens with zero attached hydrogens (tertiary/aromatic N) is 2. The number of hydrogen-bond acceptors (Lipinski definition) is 3. The fourth-order valence-corrected chi connectivity index (χ4v) is 1.14. The molecule has 0 atom stereocenters. The minimum atomic E-state index is 0.0257. The van der Waals surface area contributed by atoms with Crippen molar-refractivity contribution in [1.29, 1.82) is 0 Å². The lowest BCUT2D eigenvalue weighted by molar-refractivity contribution is 0.279. The van der Waals surface area contributed by atoms with Crippen LogP contribution in [0.1, 0.15) is 22.8 Å². The lowest BCUT2D eigenvalue weighted by atomic mass is 10.2. The van der Waals surface area contributed by atoms with Gasteiger partial charge in [0.15, 0.2) is 0 Å². The van der Waals surface area contributed by atoms with Crippen LogP contribution < -0.4 is 0 Å². The van der Waals surface area contributed by atoms with Crippen LogP contribution in [0.25, 0.3) is 0 Å². The van der Waals surface area contributed by atoms with Crippen molar-refractivity contribution < 1.29 is 5.11 Å². The van der Waals surface area contributed by atoms with E-state index in [1.54, 1.807) is 0 Å². The molecular formula is C8H12N2O. The second-order valence-electron chi connectivity index (χ2n) is 2.58. The largest absolute Gasteiger partial charge is 0.392 e. The highest BCUT2D eigenvalue weighted by Gasteiger charge is 2.03. The van der Waals surface area contributed by atoms with Crippen molar-refractivity contribution in [3.05, 3.63) is 22.8 Å². The van der Waals surface area contributed by atoms with E-state index in [1.165, 1.54) is 0 Å². The summed E-state index contributed by atoms with van der Waals surface area (Å²) in [6.45, 7) is 5.64. The van der Waals surface area contributed by atoms with Crippen LogP contribution in [0, 0.1) is 20.8 Å². The third-order valence-corrected chi connectivity index (χ3v) is 1.69. The maximum absolute atomic E-state index is 8.91. The van der Waals surface area contributed by atoms with E-state index in [-0.39, 0.29) is 6.61 Å². The van der Waals surface area contributed by atoms with Crippen LogP contribution in [0.4, 0.5) is 0 Å². The van der Waals surface area contributed by atoms with E-state index in [4.69, 9.17) is 5.11 Å². The van der Waals surface area contributed by atoms with Gasteiger partial charge in [-0.15, -0.1) is 0 Å². The van der Waals surface area contributed by atoms with Gasteiger partial charge < -0.3 is 5.11 Å². The van der Waals surface area contributed by atoms with Gasteiger partial charge >= 0.3 is 0 Å². The SMILES string of the molecule is Cc1nc(C)c(CO)c(C)n1. The highest BCUT2D eigenvalue weighted by atomic mass is 16.3. The fourth-order valence-electron chi connectivity index (χ4n) is 1.14. The van der Waals surface area contributed by atoms with Crippen LogP contribution in [0.2, 0.25) is 0 Å². The van der Waals surface area contributed by atoms with E-state index < -0.39 is 0 Å². The van der Waals surface area contributed by atoms with Gasteiger partial charge in [0.05, 0.1) is 6.61 Å². The Balaban J connectivity index is 3.25. The molecule has 0 aliphatic heterocycles. The van der Waals surface area contributed by atoms with Crippen LogP contribution in [-0.2, 0) is 6.61 Å². The highest BCUT2D eigenvalue weighted by Crippen LogP contribution is 2.08. The lowest BCUT2D eigenvalue weighted by Gasteiger charge is -2.05. The Morgan fingerprint density at radius 1 is 1.09 bits per heavy atom. The molecule has 1 aromatic heterocycles. The molecular weight excluding hydrogens is 140 g/mol. The second-order valence-corrected chi connectivity index (χ2v) is 2.58. The maximum atomic E-state index is 8.91. The van der Waals surface area contributed by atoms with Crippen molar-refractivity contribution in [3.8, 4) is 0 Å². The standard InChI is InChI=1S/C8H12N2O/c1-5-8(4-11)6(2)10-7(3)9-5/h11H,4H2,1-3H3. The second kappa shape index (κ2) is 2.96. The lowest BCUT2D eigenvalue weighted by Crippen LogP contribution is -2.01. The summed E-state index contributed by atoms with van der Waals surface area (Å²) in [5.41, 5.74) is 2.59. The number of aromatic nitrogens is 2. The van der Waals surface area contributed by atoms with Crippen molar-refractivity contribution in [3.63, 3.8) is 0 Å². The molecule has 1 aromatic rings. The summed E-state index contributed by atoms with van der Waals surface area (Å²) in [5, 5.41) is 8.91. The highest BCUT2D eigenvalue weighted by molar-refractivity contribution is 5.22. The molecule has 0 spiro atoms. The molecule has 3 heteroatoms. The Bertz CT molecular complexity index is 248. The van der Waals surface area contributed by atoms with Gasteiger partial charge in [0.1, 0.15) is 5.82 Å². The molecule has 0 saturated carbocycles. The average Bonchev–Trinajstić information content (AvgIpc) is 1.85. The first-order valence-corrected chi connectivity index (χ1v) is 3.56. The Morgan fingerprint density at radius 2 is 1.55 bits per heavy atom. The van der Waals surface area contributed by atoms with E-state index in [2.05, 4.69) is 9.97 Å². The zero-order valence-corrected chi connectivity index (χ0v) is 7.05. The molecule has 0 bridgehead atoms. The zero-order valence-electron chi connectivity index (χ0n) is 7.05. The topological polar surface area (TPSA) is 46.0 Å². The Kier molecular flexibility index (Phi) is 2.19. The molecule has 1 N–H and O–H groups in total. The van der Waals surface area contributed by atoms with Gasteiger partial charge in [-0.2, -0.15) is 0 Å². The zero-order chi connectivity index (χ0) is 8.43. The van der Waals surface area contributed by atoms with Gasteiger partial charge in [0.2, 0.25) is 0 Å². The Morgan fingerprint density at radius 3 is 1.91 bits per heavy atom. The van der Waals surface area contributed by atoms with Gasteiger partial charge in [0, 0.05) is 17.0 Å². The summed E-state index contributed by atoms with van der Waals surface area (Å²) >= 11 is 0. The predicted molar refractivity (Wildman–Crippen MR) is 42.2 cm³/mol. The molecule has 0 saturated heterocycles. The molecule has 1 rings (SSSR count). The molecule has 3 nitrogen and oxygen atoms in total. The summed E-state index contributed by atoms with van der Waals surface area (Å²) in [6, 6.07) is 0.